The SMILES string of the molecule is COc1cc(Br)cc(C2C3=CCC4C(=O)N(c5ccc([N+](=O)[O-])cc5)C(=O)C4C3CC3(Cl)C(=O)N(c4c(F)c(F)c(F)c(F)c4F)C(=O)C23Cl)c1O. The number of imide groups is 2. The zero-order valence-corrected chi connectivity index (χ0v) is 29.0. The number of allylic oxidation sites excluding steroid dienone is 2. The van der Waals surface area contributed by atoms with Crippen LogP contribution in [0, 0.1) is 57.0 Å². The van der Waals surface area contributed by atoms with Gasteiger partial charge in [0.1, 0.15) is 5.69 Å². The van der Waals surface area contributed by atoms with Crippen molar-refractivity contribution in [1.29, 1.82) is 0 Å². The Hall–Kier alpha value is -4.61. The second-order valence-electron chi connectivity index (χ2n) is 12.5. The van der Waals surface area contributed by atoms with E-state index in [0.29, 0.717) is 0 Å². The number of methoxy groups -OCH3 is 1. The minimum absolute atomic E-state index is 0.0184. The third-order valence-corrected chi connectivity index (χ3v) is 12.0. The minimum Gasteiger partial charge on any atom is -0.504 e. The molecule has 7 rings (SSSR count). The predicted octanol–water partition coefficient (Wildman–Crippen LogP) is 6.54. The van der Waals surface area contributed by atoms with Gasteiger partial charge in [0.05, 0.1) is 29.6 Å². The van der Waals surface area contributed by atoms with Gasteiger partial charge in [0.2, 0.25) is 17.6 Å². The topological polar surface area (TPSA) is 147 Å². The summed E-state index contributed by atoms with van der Waals surface area (Å²) in [5.74, 6) is -23.8. The Kier molecular flexibility index (Phi) is 8.23. The third kappa shape index (κ3) is 4.54. The molecule has 3 aromatic carbocycles. The lowest BCUT2D eigenvalue weighted by atomic mass is 9.56. The Labute approximate surface area is 306 Å². The van der Waals surface area contributed by atoms with Crippen LogP contribution >= 0.6 is 39.1 Å². The number of carbonyl (C=O) groups excluding carboxylic acids is 4. The molecule has 0 aromatic heterocycles. The molecule has 52 heavy (non-hydrogen) atoms. The zero-order valence-electron chi connectivity index (χ0n) is 25.9. The van der Waals surface area contributed by atoms with Crippen molar-refractivity contribution in [2.75, 3.05) is 16.9 Å². The average molecular weight is 831 g/mol. The summed E-state index contributed by atoms with van der Waals surface area (Å²) in [5.41, 5.74) is -2.44. The van der Waals surface area contributed by atoms with Crippen molar-refractivity contribution in [2.45, 2.75) is 28.5 Å². The van der Waals surface area contributed by atoms with E-state index >= 15 is 8.78 Å². The number of ether oxygens (including phenoxy) is 1. The Bertz CT molecular complexity index is 2200. The smallest absolute Gasteiger partial charge is 0.269 e. The molecule has 0 spiro atoms. The lowest BCUT2D eigenvalue weighted by molar-refractivity contribution is -0.384. The molecule has 2 aliphatic heterocycles. The standard InChI is InChI=1S/C33H19BrCl2F5N3O8/c1-52-18-9-11(34)8-16(27(18)45)20-14-6-7-15-19(29(47)42(28(15)46)12-2-4-13(5-3-12)44(50)51)17(14)10-32(35)30(48)43(31(49)33(20,32)36)26-24(40)22(38)21(37)23(39)25(26)41/h2-6,8-9,15,17,19-20,45H,7,10H2,1H3. The summed E-state index contributed by atoms with van der Waals surface area (Å²) in [6.07, 6.45) is 0.517. The Balaban J connectivity index is 1.44. The third-order valence-electron chi connectivity index (χ3n) is 10.1. The number of phenols is 1. The lowest BCUT2D eigenvalue weighted by Crippen LogP contribution is -2.60. The normalized spacial score (nSPS) is 28.1. The van der Waals surface area contributed by atoms with Crippen molar-refractivity contribution < 1.29 is 55.9 Å². The van der Waals surface area contributed by atoms with Gasteiger partial charge < -0.3 is 9.84 Å². The summed E-state index contributed by atoms with van der Waals surface area (Å²) >= 11 is 17.5. The number of halogens is 8. The molecule has 6 atom stereocenters. The maximum Gasteiger partial charge on any atom is 0.269 e. The number of phenolic OH excluding ortho intramolecular Hbond substituents is 1. The van der Waals surface area contributed by atoms with E-state index < -0.39 is 109 Å². The molecule has 2 aliphatic carbocycles. The number of amides is 4. The molecule has 1 N–H and O–H groups in total. The minimum atomic E-state index is -2.87. The van der Waals surface area contributed by atoms with Crippen LogP contribution in [0.5, 0.6) is 11.5 Å². The molecule has 0 bridgehead atoms. The summed E-state index contributed by atoms with van der Waals surface area (Å²) in [4.78, 5) is 62.0. The molecule has 6 unspecified atom stereocenters. The van der Waals surface area contributed by atoms with Gasteiger partial charge in [-0.15, -0.1) is 23.2 Å². The number of anilines is 2. The quantitative estimate of drug-likeness (QED) is 0.0446. The molecule has 4 amide bonds. The number of fused-ring (bicyclic) bond motifs is 4. The van der Waals surface area contributed by atoms with E-state index in [0.717, 1.165) is 17.0 Å². The van der Waals surface area contributed by atoms with Crippen molar-refractivity contribution in [3.05, 3.63) is 97.3 Å². The van der Waals surface area contributed by atoms with Crippen LogP contribution < -0.4 is 14.5 Å². The maximum absolute atomic E-state index is 15.3. The van der Waals surface area contributed by atoms with Crippen LogP contribution in [0.4, 0.5) is 39.0 Å². The van der Waals surface area contributed by atoms with E-state index in [2.05, 4.69) is 15.9 Å². The van der Waals surface area contributed by atoms with Crippen LogP contribution in [0.1, 0.15) is 24.3 Å². The molecule has 11 nitrogen and oxygen atoms in total. The number of carbonyl (C=O) groups is 4. The number of hydrogen-bond acceptors (Lipinski definition) is 8. The molecule has 3 aromatic rings. The molecule has 0 radical (unpaired) electrons. The number of non-ortho nitro benzene ring substituents is 1. The summed E-state index contributed by atoms with van der Waals surface area (Å²) in [5, 5.41) is 22.6. The summed E-state index contributed by atoms with van der Waals surface area (Å²) < 4.78 is 78.9. The van der Waals surface area contributed by atoms with Crippen molar-refractivity contribution >= 4 is 79.8 Å². The first kappa shape index (κ1) is 35.8. The Morgan fingerprint density at radius 2 is 1.50 bits per heavy atom. The van der Waals surface area contributed by atoms with Crippen LogP contribution in [0.25, 0.3) is 0 Å². The number of nitro benzene ring substituents is 1. The number of nitrogens with zero attached hydrogens (tertiary/aromatic N) is 3. The highest BCUT2D eigenvalue weighted by Gasteiger charge is 2.77. The fourth-order valence-electron chi connectivity index (χ4n) is 7.86. The van der Waals surface area contributed by atoms with Crippen LogP contribution in [0.3, 0.4) is 0 Å². The van der Waals surface area contributed by atoms with Crippen LogP contribution in [-0.2, 0) is 19.2 Å². The number of nitro groups is 1. The molecule has 2 saturated heterocycles. The molecule has 19 heteroatoms. The first-order valence-electron chi connectivity index (χ1n) is 15.1. The zero-order chi connectivity index (χ0) is 37.9. The summed E-state index contributed by atoms with van der Waals surface area (Å²) in [6.45, 7) is 0. The van der Waals surface area contributed by atoms with E-state index in [1.165, 1.54) is 37.5 Å². The van der Waals surface area contributed by atoms with Gasteiger partial charge in [-0.3, -0.25) is 34.2 Å². The van der Waals surface area contributed by atoms with Crippen LogP contribution in [0.15, 0.2) is 52.5 Å². The second kappa shape index (κ2) is 12.0. The average Bonchev–Trinajstić information content (AvgIpc) is 3.45. The highest BCUT2D eigenvalue weighted by atomic mass is 79.9. The molecular formula is C33H19BrCl2F5N3O8. The fourth-order valence-corrected chi connectivity index (χ4v) is 9.24. The van der Waals surface area contributed by atoms with Gasteiger partial charge >= 0.3 is 0 Å². The van der Waals surface area contributed by atoms with E-state index in [9.17, 15) is 47.6 Å². The Morgan fingerprint density at radius 3 is 2.08 bits per heavy atom. The van der Waals surface area contributed by atoms with Gasteiger partial charge in [-0.1, -0.05) is 27.6 Å². The van der Waals surface area contributed by atoms with E-state index in [1.807, 2.05) is 0 Å². The van der Waals surface area contributed by atoms with Gasteiger partial charge in [-0.25, -0.2) is 26.9 Å². The summed E-state index contributed by atoms with van der Waals surface area (Å²) in [6, 6.07) is 7.11. The van der Waals surface area contributed by atoms with E-state index in [1.54, 1.807) is 0 Å². The van der Waals surface area contributed by atoms with Crippen molar-refractivity contribution in [2.24, 2.45) is 17.8 Å². The highest BCUT2D eigenvalue weighted by Crippen LogP contribution is 2.67. The maximum atomic E-state index is 15.3. The number of rotatable bonds is 5. The van der Waals surface area contributed by atoms with Crippen LogP contribution in [-0.4, -0.2) is 50.5 Å². The molecule has 4 aliphatic rings. The molecular weight excluding hydrogens is 812 g/mol. The van der Waals surface area contributed by atoms with Gasteiger partial charge in [-0.05, 0) is 43.0 Å². The first-order valence-corrected chi connectivity index (χ1v) is 16.6. The van der Waals surface area contributed by atoms with E-state index in [-0.39, 0.29) is 44.1 Å². The number of hydrogen-bond donors (Lipinski definition) is 1. The predicted molar refractivity (Wildman–Crippen MR) is 174 cm³/mol. The highest BCUT2D eigenvalue weighted by molar-refractivity contribution is 9.10. The largest absolute Gasteiger partial charge is 0.504 e. The first-order chi connectivity index (χ1) is 24.4. The van der Waals surface area contributed by atoms with Gasteiger partial charge in [0, 0.05) is 28.1 Å². The lowest BCUT2D eigenvalue weighted by Gasteiger charge is -2.50. The number of aromatic hydroxyl groups is 1. The van der Waals surface area contributed by atoms with Gasteiger partial charge in [0.15, 0.2) is 44.5 Å². The number of alkyl halides is 2. The molecule has 2 heterocycles. The second-order valence-corrected chi connectivity index (χ2v) is 14.7. The van der Waals surface area contributed by atoms with Crippen molar-refractivity contribution in [3.63, 3.8) is 0 Å². The molecule has 3 fully saturated rings. The summed E-state index contributed by atoms with van der Waals surface area (Å²) in [7, 11) is 1.19. The van der Waals surface area contributed by atoms with E-state index in [4.69, 9.17) is 27.9 Å². The number of benzene rings is 3. The fraction of sp³-hybridized carbons (Fsp3) is 0.273. The molecule has 1 saturated carbocycles. The monoisotopic (exact) mass is 829 g/mol. The molecule has 270 valence electrons. The van der Waals surface area contributed by atoms with Gasteiger partial charge in [-0.2, -0.15) is 0 Å². The van der Waals surface area contributed by atoms with Crippen LogP contribution in [0.2, 0.25) is 0 Å². The van der Waals surface area contributed by atoms with Crippen molar-refractivity contribution in [1.82, 2.24) is 0 Å². The van der Waals surface area contributed by atoms with Crippen molar-refractivity contribution in [3.8, 4) is 11.5 Å². The van der Waals surface area contributed by atoms with Gasteiger partial charge in [0.25, 0.3) is 17.5 Å². The Morgan fingerprint density at radius 1 is 0.904 bits per heavy atom.